The molecule has 5 heteroatoms. The van der Waals surface area contributed by atoms with Gasteiger partial charge in [-0.2, -0.15) is 0 Å². The van der Waals surface area contributed by atoms with Crippen LogP contribution in [-0.2, 0) is 9.59 Å². The van der Waals surface area contributed by atoms with Crippen LogP contribution in [0.25, 0.3) is 0 Å². The summed E-state index contributed by atoms with van der Waals surface area (Å²) in [6, 6.07) is 7.67. The fourth-order valence-electron chi connectivity index (χ4n) is 3.52. The number of hydrogen-bond donors (Lipinski definition) is 1. The topological polar surface area (TPSA) is 49.4 Å². The summed E-state index contributed by atoms with van der Waals surface area (Å²) in [5, 5.41) is 3.16. The number of hydrogen-bond acceptors (Lipinski definition) is 2. The number of aryl methyl sites for hydroxylation is 1. The molecule has 0 aromatic heterocycles. The first-order valence-corrected chi connectivity index (χ1v) is 9.37. The Morgan fingerprint density at radius 3 is 2.33 bits per heavy atom. The number of nitrogens with zero attached hydrogens (tertiary/aromatic N) is 1. The number of amides is 2. The first-order chi connectivity index (χ1) is 11.6. The third kappa shape index (κ3) is 3.92. The summed E-state index contributed by atoms with van der Waals surface area (Å²) in [6.45, 7) is 2.01. The zero-order valence-corrected chi connectivity index (χ0v) is 14.9. The molecule has 1 atom stereocenters. The monoisotopic (exact) mass is 348 g/mol. The van der Waals surface area contributed by atoms with Gasteiger partial charge in [-0.25, -0.2) is 0 Å². The van der Waals surface area contributed by atoms with E-state index in [-0.39, 0.29) is 29.8 Å². The van der Waals surface area contributed by atoms with E-state index in [9.17, 15) is 9.59 Å². The number of rotatable bonds is 6. The molecule has 0 radical (unpaired) electrons. The SMILES string of the molecule is Cc1ccc([C@@H](C(=O)NC2CCCC2)N(C(=O)CCl)C2CC2)cc1. The van der Waals surface area contributed by atoms with Gasteiger partial charge in [0.15, 0.2) is 0 Å². The van der Waals surface area contributed by atoms with E-state index < -0.39 is 6.04 Å². The molecule has 2 fully saturated rings. The van der Waals surface area contributed by atoms with Crippen molar-refractivity contribution in [2.24, 2.45) is 0 Å². The number of alkyl halides is 1. The molecule has 0 bridgehead atoms. The second kappa shape index (κ2) is 7.56. The number of carbonyl (C=O) groups is 2. The van der Waals surface area contributed by atoms with Gasteiger partial charge in [-0.1, -0.05) is 42.7 Å². The fraction of sp³-hybridized carbons (Fsp3) is 0.579. The van der Waals surface area contributed by atoms with Gasteiger partial charge in [-0.05, 0) is 38.2 Å². The van der Waals surface area contributed by atoms with Gasteiger partial charge in [0.05, 0.1) is 0 Å². The van der Waals surface area contributed by atoms with E-state index in [0.717, 1.165) is 49.7 Å². The molecule has 2 aliphatic rings. The minimum Gasteiger partial charge on any atom is -0.351 e. The van der Waals surface area contributed by atoms with Crippen LogP contribution in [0.5, 0.6) is 0 Å². The van der Waals surface area contributed by atoms with E-state index >= 15 is 0 Å². The Balaban J connectivity index is 1.88. The Hall–Kier alpha value is -1.55. The lowest BCUT2D eigenvalue weighted by atomic mass is 10.0. The van der Waals surface area contributed by atoms with Crippen LogP contribution in [0.15, 0.2) is 24.3 Å². The predicted molar refractivity (Wildman–Crippen MR) is 94.9 cm³/mol. The Morgan fingerprint density at radius 1 is 1.17 bits per heavy atom. The first-order valence-electron chi connectivity index (χ1n) is 8.84. The fourth-order valence-corrected chi connectivity index (χ4v) is 3.66. The summed E-state index contributed by atoms with van der Waals surface area (Å²) in [4.78, 5) is 27.2. The van der Waals surface area contributed by atoms with Crippen molar-refractivity contribution in [3.63, 3.8) is 0 Å². The van der Waals surface area contributed by atoms with Gasteiger partial charge in [-0.3, -0.25) is 9.59 Å². The minimum atomic E-state index is -0.579. The molecule has 3 rings (SSSR count). The van der Waals surface area contributed by atoms with E-state index in [1.807, 2.05) is 31.2 Å². The largest absolute Gasteiger partial charge is 0.351 e. The highest BCUT2D eigenvalue weighted by Crippen LogP contribution is 2.35. The van der Waals surface area contributed by atoms with E-state index in [0.29, 0.717) is 0 Å². The molecule has 130 valence electrons. The lowest BCUT2D eigenvalue weighted by Crippen LogP contribution is -2.47. The summed E-state index contributed by atoms with van der Waals surface area (Å²) < 4.78 is 0. The first kappa shape index (κ1) is 17.3. The zero-order valence-electron chi connectivity index (χ0n) is 14.1. The van der Waals surface area contributed by atoms with Crippen molar-refractivity contribution < 1.29 is 9.59 Å². The Bertz CT molecular complexity index is 592. The van der Waals surface area contributed by atoms with Crippen LogP contribution in [0.4, 0.5) is 0 Å². The number of halogens is 1. The van der Waals surface area contributed by atoms with Crippen molar-refractivity contribution in [2.75, 3.05) is 5.88 Å². The van der Waals surface area contributed by atoms with Crippen LogP contribution in [0.3, 0.4) is 0 Å². The van der Waals surface area contributed by atoms with Crippen molar-refractivity contribution in [1.29, 1.82) is 0 Å². The van der Waals surface area contributed by atoms with E-state index in [2.05, 4.69) is 5.32 Å². The molecule has 2 amide bonds. The van der Waals surface area contributed by atoms with Crippen LogP contribution in [0, 0.1) is 6.92 Å². The van der Waals surface area contributed by atoms with E-state index in [1.165, 1.54) is 0 Å². The third-order valence-corrected chi connectivity index (χ3v) is 5.19. The van der Waals surface area contributed by atoms with Gasteiger partial charge < -0.3 is 10.2 Å². The molecule has 0 spiro atoms. The standard InChI is InChI=1S/C19H25ClN2O2/c1-13-6-8-14(9-7-13)18(19(24)21-15-4-2-3-5-15)22(16-10-11-16)17(23)12-20/h6-9,15-16,18H,2-5,10-12H2,1H3,(H,21,24)/t18-/m0/s1. The maximum atomic E-state index is 13.0. The van der Waals surface area contributed by atoms with Crippen molar-refractivity contribution in [3.8, 4) is 0 Å². The van der Waals surface area contributed by atoms with Gasteiger partial charge in [0.25, 0.3) is 0 Å². The van der Waals surface area contributed by atoms with Crippen molar-refractivity contribution in [2.45, 2.75) is 63.6 Å². The summed E-state index contributed by atoms with van der Waals surface area (Å²) in [5.41, 5.74) is 2.00. The van der Waals surface area contributed by atoms with Crippen LogP contribution in [-0.4, -0.2) is 34.7 Å². The maximum Gasteiger partial charge on any atom is 0.247 e. The zero-order chi connectivity index (χ0) is 17.1. The lowest BCUT2D eigenvalue weighted by molar-refractivity contribution is -0.140. The average Bonchev–Trinajstić information content (AvgIpc) is 3.29. The summed E-state index contributed by atoms with van der Waals surface area (Å²) in [7, 11) is 0. The number of benzene rings is 1. The van der Waals surface area contributed by atoms with Crippen molar-refractivity contribution >= 4 is 23.4 Å². The highest BCUT2D eigenvalue weighted by Gasteiger charge is 2.41. The van der Waals surface area contributed by atoms with Crippen LogP contribution in [0.2, 0.25) is 0 Å². The third-order valence-electron chi connectivity index (χ3n) is 4.96. The molecule has 0 heterocycles. The maximum absolute atomic E-state index is 13.0. The van der Waals surface area contributed by atoms with Crippen molar-refractivity contribution in [1.82, 2.24) is 10.2 Å². The molecule has 0 saturated heterocycles. The van der Waals surface area contributed by atoms with Gasteiger partial charge >= 0.3 is 0 Å². The molecule has 1 N–H and O–H groups in total. The van der Waals surface area contributed by atoms with Gasteiger partial charge in [0, 0.05) is 12.1 Å². The summed E-state index contributed by atoms with van der Waals surface area (Å²) in [6.07, 6.45) is 6.27. The molecule has 1 aromatic rings. The van der Waals surface area contributed by atoms with E-state index in [1.54, 1.807) is 4.90 Å². The predicted octanol–water partition coefficient (Wildman–Crippen LogP) is 3.32. The molecule has 2 aliphatic carbocycles. The second-order valence-electron chi connectivity index (χ2n) is 6.97. The molecule has 0 unspecified atom stereocenters. The van der Waals surface area contributed by atoms with Gasteiger partial charge in [0.2, 0.25) is 11.8 Å². The second-order valence-corrected chi connectivity index (χ2v) is 7.24. The van der Waals surface area contributed by atoms with Gasteiger partial charge in [0.1, 0.15) is 11.9 Å². The summed E-state index contributed by atoms with van der Waals surface area (Å²) in [5.74, 6) is -0.322. The Kier molecular flexibility index (Phi) is 5.44. The lowest BCUT2D eigenvalue weighted by Gasteiger charge is -2.32. The average molecular weight is 349 g/mol. The van der Waals surface area contributed by atoms with Gasteiger partial charge in [-0.15, -0.1) is 11.6 Å². The number of carbonyl (C=O) groups excluding carboxylic acids is 2. The van der Waals surface area contributed by atoms with Crippen LogP contribution < -0.4 is 5.32 Å². The highest BCUT2D eigenvalue weighted by atomic mass is 35.5. The highest BCUT2D eigenvalue weighted by molar-refractivity contribution is 6.27. The smallest absolute Gasteiger partial charge is 0.247 e. The van der Waals surface area contributed by atoms with Crippen molar-refractivity contribution in [3.05, 3.63) is 35.4 Å². The van der Waals surface area contributed by atoms with Crippen LogP contribution >= 0.6 is 11.6 Å². The molecule has 0 aliphatic heterocycles. The summed E-state index contributed by atoms with van der Waals surface area (Å²) >= 11 is 5.83. The van der Waals surface area contributed by atoms with Crippen LogP contribution in [0.1, 0.15) is 55.7 Å². The molecular weight excluding hydrogens is 324 g/mol. The van der Waals surface area contributed by atoms with E-state index in [4.69, 9.17) is 11.6 Å². The quantitative estimate of drug-likeness (QED) is 0.802. The molecular formula is C19H25ClN2O2. The Morgan fingerprint density at radius 2 is 1.79 bits per heavy atom. The minimum absolute atomic E-state index is 0.0730. The Labute approximate surface area is 148 Å². The molecule has 2 saturated carbocycles. The molecule has 24 heavy (non-hydrogen) atoms. The number of nitrogens with one attached hydrogen (secondary N) is 1. The molecule has 4 nitrogen and oxygen atoms in total. The normalized spacial score (nSPS) is 19.1. The molecule has 1 aromatic carbocycles.